The minimum absolute atomic E-state index is 0.0115. The zero-order chi connectivity index (χ0) is 15.7. The number of pyridine rings is 1. The lowest BCUT2D eigenvalue weighted by atomic mass is 10.1. The predicted molar refractivity (Wildman–Crippen MR) is 73.1 cm³/mol. The number of aromatic carboxylic acids is 1. The Kier molecular flexibility index (Phi) is 3.59. The van der Waals surface area contributed by atoms with Crippen LogP contribution < -0.4 is 5.56 Å². The second-order valence-corrected chi connectivity index (χ2v) is 4.54. The van der Waals surface area contributed by atoms with Gasteiger partial charge in [-0.25, -0.2) is 9.18 Å². The largest absolute Gasteiger partial charge is 0.478 e. The van der Waals surface area contributed by atoms with Crippen LogP contribution in [0.2, 0.25) is 0 Å². The quantitative estimate of drug-likeness (QED) is 0.917. The van der Waals surface area contributed by atoms with E-state index in [4.69, 9.17) is 5.26 Å². The van der Waals surface area contributed by atoms with Crippen LogP contribution in [-0.2, 0) is 0 Å². The molecular weight excluding hydrogens is 275 g/mol. The second-order valence-electron chi connectivity index (χ2n) is 4.54. The molecule has 21 heavy (non-hydrogen) atoms. The summed E-state index contributed by atoms with van der Waals surface area (Å²) in [5.41, 5.74) is 0.184. The molecule has 0 bridgehead atoms. The van der Waals surface area contributed by atoms with E-state index >= 15 is 0 Å². The summed E-state index contributed by atoms with van der Waals surface area (Å²) in [5, 5.41) is 18.1. The van der Waals surface area contributed by atoms with Gasteiger partial charge in [-0.15, -0.1) is 0 Å². The number of aryl methyl sites for hydroxylation is 1. The summed E-state index contributed by atoms with van der Waals surface area (Å²) < 4.78 is 14.5. The van der Waals surface area contributed by atoms with Crippen molar-refractivity contribution in [1.29, 1.82) is 5.26 Å². The number of aromatic nitrogens is 1. The van der Waals surface area contributed by atoms with E-state index in [1.807, 2.05) is 0 Å². The number of carbonyl (C=O) groups is 1. The number of nitriles is 1. The van der Waals surface area contributed by atoms with Crippen molar-refractivity contribution in [1.82, 2.24) is 4.57 Å². The molecule has 0 aliphatic rings. The normalized spacial score (nSPS) is 10.2. The number of halogens is 1. The molecule has 0 aliphatic heterocycles. The summed E-state index contributed by atoms with van der Waals surface area (Å²) in [6.45, 7) is 3.03. The molecule has 0 atom stereocenters. The SMILES string of the molecule is Cc1cc(=O)n(-c2ccc(F)c(C#N)c2)c(C)c1C(=O)O. The van der Waals surface area contributed by atoms with Crippen molar-refractivity contribution in [2.24, 2.45) is 0 Å². The van der Waals surface area contributed by atoms with Crippen LogP contribution in [-0.4, -0.2) is 15.6 Å². The van der Waals surface area contributed by atoms with Gasteiger partial charge in [-0.1, -0.05) is 0 Å². The van der Waals surface area contributed by atoms with Gasteiger partial charge < -0.3 is 5.11 Å². The molecule has 0 amide bonds. The first kappa shape index (κ1) is 14.5. The van der Waals surface area contributed by atoms with Crippen LogP contribution in [0.25, 0.3) is 5.69 Å². The molecule has 0 unspecified atom stereocenters. The molecule has 0 spiro atoms. The predicted octanol–water partition coefficient (Wildman–Crippen LogP) is 2.16. The monoisotopic (exact) mass is 286 g/mol. The summed E-state index contributed by atoms with van der Waals surface area (Å²) in [5.74, 6) is -1.85. The van der Waals surface area contributed by atoms with E-state index < -0.39 is 17.3 Å². The third-order valence-corrected chi connectivity index (χ3v) is 3.19. The van der Waals surface area contributed by atoms with Crippen LogP contribution in [0.1, 0.15) is 27.2 Å². The molecule has 106 valence electrons. The van der Waals surface area contributed by atoms with Crippen LogP contribution in [0.3, 0.4) is 0 Å². The summed E-state index contributed by atoms with van der Waals surface area (Å²) in [7, 11) is 0. The fourth-order valence-electron chi connectivity index (χ4n) is 2.27. The molecule has 2 rings (SSSR count). The number of carboxylic acids is 1. The Morgan fingerprint density at radius 2 is 2.00 bits per heavy atom. The van der Waals surface area contributed by atoms with E-state index in [0.29, 0.717) is 5.56 Å². The zero-order valence-electron chi connectivity index (χ0n) is 11.3. The van der Waals surface area contributed by atoms with Gasteiger partial charge in [0.05, 0.1) is 16.8 Å². The average molecular weight is 286 g/mol. The molecule has 1 heterocycles. The molecule has 0 aliphatic carbocycles. The van der Waals surface area contributed by atoms with E-state index in [9.17, 15) is 19.1 Å². The van der Waals surface area contributed by atoms with E-state index in [-0.39, 0.29) is 22.5 Å². The number of rotatable bonds is 2. The lowest BCUT2D eigenvalue weighted by molar-refractivity contribution is 0.0694. The van der Waals surface area contributed by atoms with E-state index in [1.54, 1.807) is 6.07 Å². The van der Waals surface area contributed by atoms with Gasteiger partial charge in [0, 0.05) is 11.8 Å². The van der Waals surface area contributed by atoms with Crippen molar-refractivity contribution in [2.45, 2.75) is 13.8 Å². The molecule has 0 saturated carbocycles. The molecule has 5 nitrogen and oxygen atoms in total. The summed E-state index contributed by atoms with van der Waals surface area (Å²) in [6, 6.07) is 6.49. The van der Waals surface area contributed by atoms with Gasteiger partial charge in [-0.3, -0.25) is 9.36 Å². The first-order valence-corrected chi connectivity index (χ1v) is 6.03. The maximum Gasteiger partial charge on any atom is 0.337 e. The first-order valence-electron chi connectivity index (χ1n) is 6.03. The van der Waals surface area contributed by atoms with Gasteiger partial charge in [0.2, 0.25) is 0 Å². The molecule has 1 aromatic heterocycles. The van der Waals surface area contributed by atoms with E-state index in [0.717, 1.165) is 10.6 Å². The number of hydrogen-bond donors (Lipinski definition) is 1. The average Bonchev–Trinajstić information content (AvgIpc) is 2.39. The topological polar surface area (TPSA) is 83.1 Å². The van der Waals surface area contributed by atoms with Crippen molar-refractivity contribution >= 4 is 5.97 Å². The Morgan fingerprint density at radius 1 is 1.33 bits per heavy atom. The summed E-state index contributed by atoms with van der Waals surface area (Å²) >= 11 is 0. The highest BCUT2D eigenvalue weighted by molar-refractivity contribution is 5.90. The van der Waals surface area contributed by atoms with Gasteiger partial charge >= 0.3 is 5.97 Å². The Balaban J connectivity index is 2.82. The molecule has 0 saturated heterocycles. The number of nitrogens with zero attached hydrogens (tertiary/aromatic N) is 2. The highest BCUT2D eigenvalue weighted by Gasteiger charge is 2.17. The number of carboxylic acid groups (broad SMARTS) is 1. The Morgan fingerprint density at radius 3 is 2.57 bits per heavy atom. The standard InChI is InChI=1S/C15H11FN2O3/c1-8-5-13(19)18(9(2)14(8)15(20)21)11-3-4-12(16)10(6-11)7-17/h3-6H,1-2H3,(H,20,21). The molecule has 6 heteroatoms. The maximum absolute atomic E-state index is 13.4. The fraction of sp³-hybridized carbons (Fsp3) is 0.133. The van der Waals surface area contributed by atoms with Crippen LogP contribution in [0, 0.1) is 31.0 Å². The third-order valence-electron chi connectivity index (χ3n) is 3.19. The van der Waals surface area contributed by atoms with Crippen molar-refractivity contribution in [3.63, 3.8) is 0 Å². The van der Waals surface area contributed by atoms with Gasteiger partial charge in [0.25, 0.3) is 5.56 Å². The van der Waals surface area contributed by atoms with Crippen LogP contribution >= 0.6 is 0 Å². The first-order chi connectivity index (χ1) is 9.86. The zero-order valence-corrected chi connectivity index (χ0v) is 11.3. The number of hydrogen-bond acceptors (Lipinski definition) is 3. The van der Waals surface area contributed by atoms with Crippen molar-refractivity contribution in [3.8, 4) is 11.8 Å². The minimum atomic E-state index is -1.15. The van der Waals surface area contributed by atoms with Gasteiger partial charge in [-0.2, -0.15) is 5.26 Å². The van der Waals surface area contributed by atoms with E-state index in [1.165, 1.54) is 32.0 Å². The van der Waals surface area contributed by atoms with Gasteiger partial charge in [0.15, 0.2) is 0 Å². The molecule has 1 N–H and O–H groups in total. The Hall–Kier alpha value is -2.94. The lowest BCUT2D eigenvalue weighted by Crippen LogP contribution is -2.24. The second kappa shape index (κ2) is 5.21. The Bertz CT molecular complexity index is 847. The molecular formula is C15H11FN2O3. The van der Waals surface area contributed by atoms with Crippen molar-refractivity contribution in [3.05, 3.63) is 62.8 Å². The lowest BCUT2D eigenvalue weighted by Gasteiger charge is -2.14. The van der Waals surface area contributed by atoms with Gasteiger partial charge in [0.1, 0.15) is 11.9 Å². The summed E-state index contributed by atoms with van der Waals surface area (Å²) in [6.07, 6.45) is 0. The Labute approximate surface area is 119 Å². The van der Waals surface area contributed by atoms with Crippen LogP contribution in [0.4, 0.5) is 4.39 Å². The smallest absolute Gasteiger partial charge is 0.337 e. The van der Waals surface area contributed by atoms with Crippen LogP contribution in [0.15, 0.2) is 29.1 Å². The van der Waals surface area contributed by atoms with Crippen molar-refractivity contribution in [2.75, 3.05) is 0 Å². The van der Waals surface area contributed by atoms with Gasteiger partial charge in [-0.05, 0) is 37.6 Å². The minimum Gasteiger partial charge on any atom is -0.478 e. The number of benzene rings is 1. The maximum atomic E-state index is 13.4. The highest BCUT2D eigenvalue weighted by atomic mass is 19.1. The fourth-order valence-corrected chi connectivity index (χ4v) is 2.27. The van der Waals surface area contributed by atoms with Crippen LogP contribution in [0.5, 0.6) is 0 Å². The highest BCUT2D eigenvalue weighted by Crippen LogP contribution is 2.18. The summed E-state index contributed by atoms with van der Waals surface area (Å²) in [4.78, 5) is 23.4. The third kappa shape index (κ3) is 2.41. The molecule has 0 fully saturated rings. The molecule has 2 aromatic rings. The van der Waals surface area contributed by atoms with Crippen molar-refractivity contribution < 1.29 is 14.3 Å². The molecule has 0 radical (unpaired) electrons. The molecule has 1 aromatic carbocycles. The van der Waals surface area contributed by atoms with E-state index in [2.05, 4.69) is 0 Å².